The number of benzene rings is 3. The number of halogens is 3. The molecule has 180 valence electrons. The van der Waals surface area contributed by atoms with Crippen molar-refractivity contribution < 1.29 is 31.9 Å². The third-order valence-electron chi connectivity index (χ3n) is 5.40. The van der Waals surface area contributed by atoms with Crippen molar-refractivity contribution in [1.29, 1.82) is 0 Å². The molecule has 0 aromatic heterocycles. The highest BCUT2D eigenvalue weighted by Crippen LogP contribution is 2.57. The molecule has 11 heteroatoms. The van der Waals surface area contributed by atoms with E-state index >= 15 is 0 Å². The molecule has 3 aromatic rings. The number of anilines is 3. The summed E-state index contributed by atoms with van der Waals surface area (Å²) in [4.78, 5) is 0. The van der Waals surface area contributed by atoms with E-state index in [1.807, 2.05) is 0 Å². The average molecular weight is 494 g/mol. The standard InChI is InChI=1S/C23H24F3N3O4P/c1-34(30)23(14-2-5-17(27)20(8-14)31-11-24,15-3-6-18(28)21(9-15)32-12-25)16-4-7-19(29)22(10-16)33-13-26/h2-10H,11-13,27-29H2,1H3/q+1. The molecule has 0 aliphatic rings. The molecule has 0 aliphatic carbocycles. The molecule has 0 aliphatic heterocycles. The summed E-state index contributed by atoms with van der Waals surface area (Å²) in [5, 5.41) is -1.44. The van der Waals surface area contributed by atoms with Crippen molar-refractivity contribution in [3.05, 3.63) is 71.3 Å². The van der Waals surface area contributed by atoms with Gasteiger partial charge in [-0.3, -0.25) is 0 Å². The van der Waals surface area contributed by atoms with Gasteiger partial charge in [-0.1, -0.05) is 22.8 Å². The van der Waals surface area contributed by atoms with Crippen LogP contribution < -0.4 is 31.4 Å². The number of alkyl halides is 3. The zero-order valence-corrected chi connectivity index (χ0v) is 19.2. The van der Waals surface area contributed by atoms with Gasteiger partial charge in [0.05, 0.1) is 17.1 Å². The first-order valence-electron chi connectivity index (χ1n) is 9.96. The molecule has 34 heavy (non-hydrogen) atoms. The molecule has 7 nitrogen and oxygen atoms in total. The van der Waals surface area contributed by atoms with Crippen LogP contribution in [0, 0.1) is 0 Å². The zero-order valence-electron chi connectivity index (χ0n) is 18.3. The van der Waals surface area contributed by atoms with Crippen molar-refractivity contribution in [3.8, 4) is 17.2 Å². The summed E-state index contributed by atoms with van der Waals surface area (Å²) in [5.41, 5.74) is 19.5. The minimum atomic E-state index is -2.19. The Labute approximate surface area is 195 Å². The molecule has 0 amide bonds. The van der Waals surface area contributed by atoms with E-state index in [2.05, 4.69) is 0 Å². The maximum absolute atomic E-state index is 13.6. The van der Waals surface area contributed by atoms with Gasteiger partial charge in [-0.25, -0.2) is 13.2 Å². The molecule has 3 rings (SSSR count). The summed E-state index contributed by atoms with van der Waals surface area (Å²) >= 11 is 0. The van der Waals surface area contributed by atoms with Crippen LogP contribution in [0.5, 0.6) is 17.2 Å². The largest absolute Gasteiger partial charge is 0.461 e. The number of nitrogen functional groups attached to an aromatic ring is 3. The fourth-order valence-corrected chi connectivity index (χ4v) is 5.38. The SMILES string of the molecule is C[P+](=O)C(c1ccc(N)c(OCF)c1)(c1ccc(N)c(OCF)c1)c1ccc(N)c(OCF)c1. The van der Waals surface area contributed by atoms with Crippen molar-refractivity contribution in [2.24, 2.45) is 0 Å². The van der Waals surface area contributed by atoms with E-state index in [-0.39, 0.29) is 34.3 Å². The van der Waals surface area contributed by atoms with E-state index in [4.69, 9.17) is 31.4 Å². The quantitative estimate of drug-likeness (QED) is 0.204. The summed E-state index contributed by atoms with van der Waals surface area (Å²) in [5.74, 6) is 0.104. The van der Waals surface area contributed by atoms with Gasteiger partial charge in [0.1, 0.15) is 23.9 Å². The van der Waals surface area contributed by atoms with Gasteiger partial charge < -0.3 is 31.4 Å². The van der Waals surface area contributed by atoms with Crippen LogP contribution >= 0.6 is 7.80 Å². The third-order valence-corrected chi connectivity index (χ3v) is 7.12. The maximum Gasteiger partial charge on any atom is 0.356 e. The highest BCUT2D eigenvalue weighted by atomic mass is 31.1. The van der Waals surface area contributed by atoms with Gasteiger partial charge in [0.25, 0.3) is 0 Å². The minimum absolute atomic E-state index is 0.0348. The van der Waals surface area contributed by atoms with E-state index in [0.29, 0.717) is 16.7 Å². The van der Waals surface area contributed by atoms with Crippen LogP contribution in [0.2, 0.25) is 0 Å². The van der Waals surface area contributed by atoms with E-state index in [1.165, 1.54) is 43.1 Å². The number of hydrogen-bond donors (Lipinski definition) is 3. The highest BCUT2D eigenvalue weighted by molar-refractivity contribution is 7.45. The second-order valence-corrected chi connectivity index (χ2v) is 8.89. The van der Waals surface area contributed by atoms with Crippen molar-refractivity contribution in [1.82, 2.24) is 0 Å². The molecule has 3 aromatic carbocycles. The lowest BCUT2D eigenvalue weighted by Gasteiger charge is -2.27. The number of nitrogens with two attached hydrogens (primary N) is 3. The fraction of sp³-hybridized carbons (Fsp3) is 0.217. The lowest BCUT2D eigenvalue weighted by molar-refractivity contribution is 0.192. The molecule has 0 saturated heterocycles. The Bertz CT molecular complexity index is 1060. The molecular formula is C23H24F3N3O4P+. The predicted octanol–water partition coefficient (Wildman–Crippen LogP) is 5.10. The minimum Gasteiger partial charge on any atom is -0.461 e. The Hall–Kier alpha value is -3.65. The third kappa shape index (κ3) is 4.54. The van der Waals surface area contributed by atoms with E-state index in [1.54, 1.807) is 18.2 Å². The van der Waals surface area contributed by atoms with Crippen LogP contribution in [0.3, 0.4) is 0 Å². The van der Waals surface area contributed by atoms with Gasteiger partial charge in [0, 0.05) is 16.7 Å². The fourth-order valence-electron chi connectivity index (χ4n) is 3.87. The van der Waals surface area contributed by atoms with Crippen molar-refractivity contribution in [2.45, 2.75) is 5.16 Å². The van der Waals surface area contributed by atoms with Crippen LogP contribution in [0.25, 0.3) is 0 Å². The Morgan fingerprint density at radius 2 is 0.971 bits per heavy atom. The van der Waals surface area contributed by atoms with E-state index < -0.39 is 33.5 Å². The molecule has 0 saturated carbocycles. The van der Waals surface area contributed by atoms with Crippen LogP contribution in [0.4, 0.5) is 30.2 Å². The first-order valence-corrected chi connectivity index (χ1v) is 11.7. The second kappa shape index (κ2) is 10.5. The Morgan fingerprint density at radius 1 is 0.676 bits per heavy atom. The Kier molecular flexibility index (Phi) is 7.73. The summed E-state index contributed by atoms with van der Waals surface area (Å²) in [6.45, 7) is -1.91. The number of rotatable bonds is 10. The lowest BCUT2D eigenvalue weighted by atomic mass is 9.83. The van der Waals surface area contributed by atoms with Gasteiger partial charge >= 0.3 is 7.80 Å². The smallest absolute Gasteiger partial charge is 0.356 e. The van der Waals surface area contributed by atoms with Crippen molar-refractivity contribution >= 4 is 24.9 Å². The van der Waals surface area contributed by atoms with Crippen molar-refractivity contribution in [2.75, 3.05) is 44.4 Å². The molecule has 6 N–H and O–H groups in total. The molecule has 1 unspecified atom stereocenters. The first kappa shape index (κ1) is 25.0. The summed E-state index contributed by atoms with van der Waals surface area (Å²) in [6, 6.07) is 13.7. The van der Waals surface area contributed by atoms with Gasteiger partial charge in [-0.2, -0.15) is 0 Å². The summed E-state index contributed by atoms with van der Waals surface area (Å²) in [6.07, 6.45) is 0. The molecule has 0 fully saturated rings. The first-order chi connectivity index (χ1) is 16.3. The van der Waals surface area contributed by atoms with Crippen LogP contribution in [0.15, 0.2) is 54.6 Å². The molecule has 1 atom stereocenters. The molecule has 0 heterocycles. The Morgan fingerprint density at radius 3 is 1.21 bits per heavy atom. The van der Waals surface area contributed by atoms with Gasteiger partial charge in [-0.05, 0) is 36.4 Å². The lowest BCUT2D eigenvalue weighted by Crippen LogP contribution is -2.26. The summed E-state index contributed by atoms with van der Waals surface area (Å²) in [7, 11) is -2.19. The zero-order chi connectivity index (χ0) is 24.9. The van der Waals surface area contributed by atoms with Gasteiger partial charge in [-0.15, -0.1) is 0 Å². The normalized spacial score (nSPS) is 11.7. The second-order valence-electron chi connectivity index (χ2n) is 7.23. The molecular weight excluding hydrogens is 470 g/mol. The summed E-state index contributed by atoms with van der Waals surface area (Å²) < 4.78 is 67.6. The van der Waals surface area contributed by atoms with Crippen LogP contribution in [-0.4, -0.2) is 27.2 Å². The monoisotopic (exact) mass is 494 g/mol. The average Bonchev–Trinajstić information content (AvgIpc) is 2.80. The molecule has 0 spiro atoms. The number of ether oxygens (including phenoxy) is 3. The van der Waals surface area contributed by atoms with Gasteiger partial charge in [0.15, 0.2) is 0 Å². The van der Waals surface area contributed by atoms with Crippen LogP contribution in [0.1, 0.15) is 16.7 Å². The highest BCUT2D eigenvalue weighted by Gasteiger charge is 2.52. The number of hydrogen-bond acceptors (Lipinski definition) is 7. The van der Waals surface area contributed by atoms with E-state index in [0.717, 1.165) is 0 Å². The van der Waals surface area contributed by atoms with Crippen LogP contribution in [-0.2, 0) is 9.72 Å². The predicted molar refractivity (Wildman–Crippen MR) is 126 cm³/mol. The maximum atomic E-state index is 13.6. The Balaban J connectivity index is 2.42. The topological polar surface area (TPSA) is 123 Å². The molecule has 0 bridgehead atoms. The van der Waals surface area contributed by atoms with E-state index in [9.17, 15) is 17.7 Å². The van der Waals surface area contributed by atoms with Crippen molar-refractivity contribution in [3.63, 3.8) is 0 Å². The van der Waals surface area contributed by atoms with Gasteiger partial charge in [0.2, 0.25) is 25.7 Å². The molecule has 0 radical (unpaired) electrons.